The highest BCUT2D eigenvalue weighted by Gasteiger charge is 2.17. The van der Waals surface area contributed by atoms with Gasteiger partial charge in [0.1, 0.15) is 0 Å². The van der Waals surface area contributed by atoms with Crippen LogP contribution < -0.4 is 0 Å². The fourth-order valence-corrected chi connectivity index (χ4v) is 1.70. The van der Waals surface area contributed by atoms with Crippen molar-refractivity contribution in [3.63, 3.8) is 0 Å². The second-order valence-electron chi connectivity index (χ2n) is 4.04. The summed E-state index contributed by atoms with van der Waals surface area (Å²) < 4.78 is 0. The maximum Gasteiger partial charge on any atom is 0.306 e. The van der Waals surface area contributed by atoms with E-state index < -0.39 is 5.97 Å². The number of hydrogen-bond donors (Lipinski definition) is 1. The predicted molar refractivity (Wildman–Crippen MR) is 63.4 cm³/mol. The van der Waals surface area contributed by atoms with Crippen molar-refractivity contribution in [2.45, 2.75) is 39.5 Å². The molecule has 1 heterocycles. The van der Waals surface area contributed by atoms with E-state index in [-0.39, 0.29) is 5.92 Å². The number of hydrogen-bond acceptors (Lipinski definition) is 2. The summed E-state index contributed by atoms with van der Waals surface area (Å²) in [6, 6.07) is 3.96. The van der Waals surface area contributed by atoms with Gasteiger partial charge in [-0.2, -0.15) is 0 Å². The molecule has 0 aliphatic carbocycles. The molecule has 16 heavy (non-hydrogen) atoms. The average Bonchev–Trinajstić information content (AvgIpc) is 2.29. The zero-order chi connectivity index (χ0) is 12.0. The number of aryl methyl sites for hydroxylation is 1. The van der Waals surface area contributed by atoms with Crippen molar-refractivity contribution < 1.29 is 9.90 Å². The maximum atomic E-state index is 11.0. The normalized spacial score (nSPS) is 12.4. The number of aliphatic carboxylic acids is 1. The van der Waals surface area contributed by atoms with Crippen LogP contribution in [0.4, 0.5) is 0 Å². The van der Waals surface area contributed by atoms with Crippen LogP contribution in [0, 0.1) is 5.92 Å². The Morgan fingerprint density at radius 2 is 2.19 bits per heavy atom. The SMILES string of the molecule is CCCC(Cc1ccc(CC)cn1)C(=O)O. The van der Waals surface area contributed by atoms with Gasteiger partial charge < -0.3 is 5.11 Å². The molecule has 1 N–H and O–H groups in total. The van der Waals surface area contributed by atoms with E-state index in [9.17, 15) is 4.79 Å². The van der Waals surface area contributed by atoms with Crippen LogP contribution in [-0.2, 0) is 17.6 Å². The van der Waals surface area contributed by atoms with Gasteiger partial charge in [-0.15, -0.1) is 0 Å². The molecular formula is C13H19NO2. The van der Waals surface area contributed by atoms with Crippen molar-refractivity contribution in [3.8, 4) is 0 Å². The van der Waals surface area contributed by atoms with E-state index in [2.05, 4.69) is 11.9 Å². The minimum Gasteiger partial charge on any atom is -0.481 e. The van der Waals surface area contributed by atoms with Crippen LogP contribution in [0.5, 0.6) is 0 Å². The number of pyridine rings is 1. The van der Waals surface area contributed by atoms with Crippen molar-refractivity contribution in [2.75, 3.05) is 0 Å². The van der Waals surface area contributed by atoms with Gasteiger partial charge in [-0.3, -0.25) is 9.78 Å². The van der Waals surface area contributed by atoms with E-state index >= 15 is 0 Å². The lowest BCUT2D eigenvalue weighted by atomic mass is 9.97. The molecule has 0 fully saturated rings. The van der Waals surface area contributed by atoms with E-state index in [0.29, 0.717) is 12.8 Å². The molecule has 1 unspecified atom stereocenters. The van der Waals surface area contributed by atoms with Crippen molar-refractivity contribution in [3.05, 3.63) is 29.6 Å². The Bertz CT molecular complexity index is 332. The average molecular weight is 221 g/mol. The monoisotopic (exact) mass is 221 g/mol. The van der Waals surface area contributed by atoms with E-state index in [1.165, 1.54) is 5.56 Å². The zero-order valence-corrected chi connectivity index (χ0v) is 9.94. The van der Waals surface area contributed by atoms with Gasteiger partial charge in [-0.05, 0) is 24.5 Å². The van der Waals surface area contributed by atoms with Gasteiger partial charge in [0.15, 0.2) is 0 Å². The number of carboxylic acid groups (broad SMARTS) is 1. The van der Waals surface area contributed by atoms with E-state index in [1.54, 1.807) is 0 Å². The molecule has 1 aromatic heterocycles. The first kappa shape index (κ1) is 12.7. The van der Waals surface area contributed by atoms with Crippen LogP contribution in [0.2, 0.25) is 0 Å². The molecular weight excluding hydrogens is 202 g/mol. The Kier molecular flexibility index (Phi) is 4.96. The van der Waals surface area contributed by atoms with Crippen molar-refractivity contribution in [1.29, 1.82) is 0 Å². The lowest BCUT2D eigenvalue weighted by molar-refractivity contribution is -0.141. The van der Waals surface area contributed by atoms with Crippen LogP contribution in [0.1, 0.15) is 37.9 Å². The molecule has 1 atom stereocenters. The first-order valence-corrected chi connectivity index (χ1v) is 5.84. The first-order chi connectivity index (χ1) is 7.67. The second-order valence-corrected chi connectivity index (χ2v) is 4.04. The summed E-state index contributed by atoms with van der Waals surface area (Å²) in [6.45, 7) is 4.08. The van der Waals surface area contributed by atoms with Gasteiger partial charge >= 0.3 is 5.97 Å². The number of nitrogens with zero attached hydrogens (tertiary/aromatic N) is 1. The summed E-state index contributed by atoms with van der Waals surface area (Å²) in [5, 5.41) is 9.04. The molecule has 0 radical (unpaired) electrons. The van der Waals surface area contributed by atoms with Gasteiger partial charge in [0.25, 0.3) is 0 Å². The fourth-order valence-electron chi connectivity index (χ4n) is 1.70. The number of aromatic nitrogens is 1. The minimum atomic E-state index is -0.719. The highest BCUT2D eigenvalue weighted by molar-refractivity contribution is 5.70. The molecule has 0 spiro atoms. The molecule has 0 bridgehead atoms. The van der Waals surface area contributed by atoms with Crippen LogP contribution >= 0.6 is 0 Å². The standard InChI is InChI=1S/C13H19NO2/c1-3-5-11(13(15)16)8-12-7-6-10(4-2)9-14-12/h6-7,9,11H,3-5,8H2,1-2H3,(H,15,16). The zero-order valence-electron chi connectivity index (χ0n) is 9.94. The summed E-state index contributed by atoms with van der Waals surface area (Å²) in [5.41, 5.74) is 2.06. The van der Waals surface area contributed by atoms with Crippen LogP contribution in [0.25, 0.3) is 0 Å². The van der Waals surface area contributed by atoms with Crippen LogP contribution in [-0.4, -0.2) is 16.1 Å². The molecule has 88 valence electrons. The van der Waals surface area contributed by atoms with Crippen LogP contribution in [0.3, 0.4) is 0 Å². The van der Waals surface area contributed by atoms with Gasteiger partial charge in [-0.1, -0.05) is 26.3 Å². The minimum absolute atomic E-state index is 0.301. The topological polar surface area (TPSA) is 50.2 Å². The summed E-state index contributed by atoms with van der Waals surface area (Å²) in [7, 11) is 0. The molecule has 3 heteroatoms. The molecule has 0 saturated carbocycles. The number of rotatable bonds is 6. The maximum absolute atomic E-state index is 11.0. The summed E-state index contributed by atoms with van der Waals surface area (Å²) in [6.07, 6.45) is 4.94. The van der Waals surface area contributed by atoms with Crippen molar-refractivity contribution in [1.82, 2.24) is 4.98 Å². The molecule has 1 aromatic rings. The Labute approximate surface area is 96.5 Å². The Balaban J connectivity index is 2.65. The summed E-state index contributed by atoms with van der Waals surface area (Å²) in [4.78, 5) is 15.3. The second kappa shape index (κ2) is 6.26. The number of carboxylic acids is 1. The lowest BCUT2D eigenvalue weighted by Crippen LogP contribution is -2.16. The quantitative estimate of drug-likeness (QED) is 0.803. The summed E-state index contributed by atoms with van der Waals surface area (Å²) in [5.74, 6) is -1.02. The molecule has 0 aliphatic heterocycles. The van der Waals surface area contributed by atoms with Crippen LogP contribution in [0.15, 0.2) is 18.3 Å². The molecule has 1 rings (SSSR count). The fraction of sp³-hybridized carbons (Fsp3) is 0.538. The molecule has 0 saturated heterocycles. The van der Waals surface area contributed by atoms with E-state index in [1.807, 2.05) is 25.3 Å². The Morgan fingerprint density at radius 3 is 2.62 bits per heavy atom. The molecule has 0 aliphatic rings. The van der Waals surface area contributed by atoms with E-state index in [0.717, 1.165) is 18.5 Å². The first-order valence-electron chi connectivity index (χ1n) is 5.84. The lowest BCUT2D eigenvalue weighted by Gasteiger charge is -2.10. The highest BCUT2D eigenvalue weighted by Crippen LogP contribution is 2.13. The highest BCUT2D eigenvalue weighted by atomic mass is 16.4. The summed E-state index contributed by atoms with van der Waals surface area (Å²) >= 11 is 0. The predicted octanol–water partition coefficient (Wildman–Crippen LogP) is 2.69. The molecule has 0 aromatic carbocycles. The Morgan fingerprint density at radius 1 is 1.44 bits per heavy atom. The van der Waals surface area contributed by atoms with Gasteiger partial charge in [-0.25, -0.2) is 0 Å². The third-order valence-electron chi connectivity index (χ3n) is 2.74. The molecule has 3 nitrogen and oxygen atoms in total. The Hall–Kier alpha value is -1.38. The molecule has 0 amide bonds. The third kappa shape index (κ3) is 3.65. The third-order valence-corrected chi connectivity index (χ3v) is 2.74. The largest absolute Gasteiger partial charge is 0.481 e. The van der Waals surface area contributed by atoms with Gasteiger partial charge in [0.05, 0.1) is 5.92 Å². The van der Waals surface area contributed by atoms with Crippen molar-refractivity contribution >= 4 is 5.97 Å². The van der Waals surface area contributed by atoms with Gasteiger partial charge in [0, 0.05) is 18.3 Å². The van der Waals surface area contributed by atoms with Gasteiger partial charge in [0.2, 0.25) is 0 Å². The van der Waals surface area contributed by atoms with E-state index in [4.69, 9.17) is 5.11 Å². The van der Waals surface area contributed by atoms with Crippen molar-refractivity contribution in [2.24, 2.45) is 5.92 Å². The smallest absolute Gasteiger partial charge is 0.306 e. The number of carbonyl (C=O) groups is 1.